The summed E-state index contributed by atoms with van der Waals surface area (Å²) in [5, 5.41) is 10.7. The minimum Gasteiger partial charge on any atom is -0.385 e. The second kappa shape index (κ2) is 3.73. The first-order valence-electron chi connectivity index (χ1n) is 6.09. The zero-order valence-corrected chi connectivity index (χ0v) is 11.8. The highest BCUT2D eigenvalue weighted by Crippen LogP contribution is 2.45. The van der Waals surface area contributed by atoms with E-state index in [0.29, 0.717) is 0 Å². The van der Waals surface area contributed by atoms with Crippen molar-refractivity contribution in [3.05, 3.63) is 23.3 Å². The smallest absolute Gasteiger partial charge is 0.0916 e. The van der Waals surface area contributed by atoms with E-state index < -0.39 is 5.60 Å². The van der Waals surface area contributed by atoms with Crippen LogP contribution < -0.4 is 0 Å². The lowest BCUT2D eigenvalue weighted by Crippen LogP contribution is -2.43. The molecule has 0 bridgehead atoms. The summed E-state index contributed by atoms with van der Waals surface area (Å²) >= 11 is 0. The molecule has 1 unspecified atom stereocenters. The summed E-state index contributed by atoms with van der Waals surface area (Å²) in [5.41, 5.74) is 1.97. The molecule has 0 amide bonds. The Kier molecular flexibility index (Phi) is 3.15. The average Bonchev–Trinajstić information content (AvgIpc) is 2.05. The van der Waals surface area contributed by atoms with Gasteiger partial charge in [-0.25, -0.2) is 0 Å². The standard InChI is InChI=1S/C15H26O/c1-11-8-9-15(16,14(5,6)7)10-12(11)13(2,3)4/h8-9,16H,10H2,1-7H3. The molecular formula is C15H26O. The fraction of sp³-hybridized carbons (Fsp3) is 0.733. The molecule has 0 spiro atoms. The Morgan fingerprint density at radius 1 is 1.12 bits per heavy atom. The van der Waals surface area contributed by atoms with Crippen molar-refractivity contribution >= 4 is 0 Å². The minimum absolute atomic E-state index is 0.124. The van der Waals surface area contributed by atoms with Gasteiger partial charge >= 0.3 is 0 Å². The summed E-state index contributed by atoms with van der Waals surface area (Å²) in [6.07, 6.45) is 4.80. The molecule has 1 N–H and O–H groups in total. The molecule has 16 heavy (non-hydrogen) atoms. The molecule has 1 atom stereocenters. The van der Waals surface area contributed by atoms with Gasteiger partial charge < -0.3 is 5.11 Å². The summed E-state index contributed by atoms with van der Waals surface area (Å²) in [6.45, 7) is 15.1. The molecule has 0 aromatic heterocycles. The van der Waals surface area contributed by atoms with Crippen LogP contribution in [0.2, 0.25) is 0 Å². The highest BCUT2D eigenvalue weighted by atomic mass is 16.3. The van der Waals surface area contributed by atoms with Gasteiger partial charge in [0.15, 0.2) is 0 Å². The molecule has 1 aliphatic carbocycles. The SMILES string of the molecule is CC1=C(C(C)(C)C)CC(O)(C(C)(C)C)C=C1. The highest BCUT2D eigenvalue weighted by molar-refractivity contribution is 5.36. The van der Waals surface area contributed by atoms with Crippen molar-refractivity contribution in [2.75, 3.05) is 0 Å². The molecule has 0 radical (unpaired) electrons. The van der Waals surface area contributed by atoms with E-state index in [9.17, 15) is 5.11 Å². The van der Waals surface area contributed by atoms with Gasteiger partial charge in [-0.3, -0.25) is 0 Å². The van der Waals surface area contributed by atoms with E-state index >= 15 is 0 Å². The summed E-state index contributed by atoms with van der Waals surface area (Å²) in [7, 11) is 0. The Hall–Kier alpha value is -0.560. The topological polar surface area (TPSA) is 20.2 Å². The summed E-state index contributed by atoms with van der Waals surface area (Å²) in [5.74, 6) is 0. The van der Waals surface area contributed by atoms with Gasteiger partial charge in [-0.05, 0) is 17.8 Å². The molecule has 1 aliphatic rings. The van der Waals surface area contributed by atoms with E-state index in [0.717, 1.165) is 6.42 Å². The van der Waals surface area contributed by atoms with Crippen molar-refractivity contribution in [3.8, 4) is 0 Å². The molecular weight excluding hydrogens is 196 g/mol. The molecule has 1 rings (SSSR count). The molecule has 0 aliphatic heterocycles. The lowest BCUT2D eigenvalue weighted by Gasteiger charge is -2.43. The van der Waals surface area contributed by atoms with E-state index in [-0.39, 0.29) is 10.8 Å². The van der Waals surface area contributed by atoms with Gasteiger partial charge in [-0.2, -0.15) is 0 Å². The fourth-order valence-electron chi connectivity index (χ4n) is 2.20. The van der Waals surface area contributed by atoms with Crippen molar-refractivity contribution in [2.24, 2.45) is 10.8 Å². The van der Waals surface area contributed by atoms with Gasteiger partial charge in [0.1, 0.15) is 0 Å². The monoisotopic (exact) mass is 222 g/mol. The highest BCUT2D eigenvalue weighted by Gasteiger charge is 2.41. The van der Waals surface area contributed by atoms with Gasteiger partial charge in [-0.15, -0.1) is 0 Å². The van der Waals surface area contributed by atoms with Crippen molar-refractivity contribution in [1.29, 1.82) is 0 Å². The minimum atomic E-state index is -0.713. The van der Waals surface area contributed by atoms with E-state index in [1.807, 2.05) is 6.08 Å². The third kappa shape index (κ3) is 2.40. The van der Waals surface area contributed by atoms with E-state index in [4.69, 9.17) is 0 Å². The zero-order valence-electron chi connectivity index (χ0n) is 11.8. The maximum atomic E-state index is 10.7. The molecule has 0 saturated carbocycles. The van der Waals surface area contributed by atoms with Gasteiger partial charge in [0.2, 0.25) is 0 Å². The number of allylic oxidation sites excluding steroid dienone is 2. The first-order valence-corrected chi connectivity index (χ1v) is 6.09. The second-order valence-electron chi connectivity index (χ2n) is 7.10. The summed E-state index contributed by atoms with van der Waals surface area (Å²) in [6, 6.07) is 0. The lowest BCUT2D eigenvalue weighted by molar-refractivity contribution is -0.0178. The first kappa shape index (κ1) is 13.5. The van der Waals surface area contributed by atoms with Crippen LogP contribution in [0.1, 0.15) is 54.9 Å². The second-order valence-corrected chi connectivity index (χ2v) is 7.10. The maximum Gasteiger partial charge on any atom is 0.0916 e. The van der Waals surface area contributed by atoms with Crippen molar-refractivity contribution in [1.82, 2.24) is 0 Å². The van der Waals surface area contributed by atoms with Crippen LogP contribution in [0.25, 0.3) is 0 Å². The lowest BCUT2D eigenvalue weighted by atomic mass is 9.66. The third-order valence-corrected chi connectivity index (χ3v) is 3.74. The molecule has 0 aromatic carbocycles. The number of hydrogen-bond donors (Lipinski definition) is 1. The van der Waals surface area contributed by atoms with Crippen LogP contribution in [0.4, 0.5) is 0 Å². The number of aliphatic hydroxyl groups is 1. The first-order chi connectivity index (χ1) is 6.97. The molecule has 0 heterocycles. The fourth-order valence-corrected chi connectivity index (χ4v) is 2.20. The molecule has 1 heteroatoms. The average molecular weight is 222 g/mol. The van der Waals surface area contributed by atoms with Crippen LogP contribution >= 0.6 is 0 Å². The van der Waals surface area contributed by atoms with Crippen LogP contribution in [0.15, 0.2) is 23.3 Å². The summed E-state index contributed by atoms with van der Waals surface area (Å²) in [4.78, 5) is 0. The van der Waals surface area contributed by atoms with Crippen LogP contribution in [-0.2, 0) is 0 Å². The van der Waals surface area contributed by atoms with E-state index in [1.54, 1.807) is 0 Å². The van der Waals surface area contributed by atoms with Crippen LogP contribution in [0, 0.1) is 10.8 Å². The van der Waals surface area contributed by atoms with Gasteiger partial charge in [0, 0.05) is 6.42 Å². The predicted molar refractivity (Wildman–Crippen MR) is 70.3 cm³/mol. The zero-order chi connectivity index (χ0) is 12.8. The molecule has 0 aromatic rings. The van der Waals surface area contributed by atoms with Crippen molar-refractivity contribution in [2.45, 2.75) is 60.5 Å². The Morgan fingerprint density at radius 2 is 1.62 bits per heavy atom. The Balaban J connectivity index is 3.13. The van der Waals surface area contributed by atoms with E-state index in [2.05, 4.69) is 54.5 Å². The Morgan fingerprint density at radius 3 is 2.00 bits per heavy atom. The molecule has 0 fully saturated rings. The molecule has 1 nitrogen and oxygen atoms in total. The summed E-state index contributed by atoms with van der Waals surface area (Å²) < 4.78 is 0. The molecule has 92 valence electrons. The third-order valence-electron chi connectivity index (χ3n) is 3.74. The van der Waals surface area contributed by atoms with Crippen molar-refractivity contribution in [3.63, 3.8) is 0 Å². The Labute approximate surface area is 100 Å². The van der Waals surface area contributed by atoms with Gasteiger partial charge in [0.05, 0.1) is 5.60 Å². The number of hydrogen-bond acceptors (Lipinski definition) is 1. The Bertz CT molecular complexity index is 333. The predicted octanol–water partition coefficient (Wildman–Crippen LogP) is 4.09. The maximum absolute atomic E-state index is 10.7. The largest absolute Gasteiger partial charge is 0.385 e. The van der Waals surface area contributed by atoms with Crippen LogP contribution in [0.5, 0.6) is 0 Å². The van der Waals surface area contributed by atoms with E-state index in [1.165, 1.54) is 11.1 Å². The normalized spacial score (nSPS) is 27.5. The van der Waals surface area contributed by atoms with Crippen molar-refractivity contribution < 1.29 is 5.11 Å². The van der Waals surface area contributed by atoms with Crippen LogP contribution in [-0.4, -0.2) is 10.7 Å². The van der Waals surface area contributed by atoms with Gasteiger partial charge in [-0.1, -0.05) is 64.8 Å². The van der Waals surface area contributed by atoms with Crippen LogP contribution in [0.3, 0.4) is 0 Å². The quantitative estimate of drug-likeness (QED) is 0.654. The van der Waals surface area contributed by atoms with Gasteiger partial charge in [0.25, 0.3) is 0 Å². The molecule has 0 saturated heterocycles. The number of rotatable bonds is 0.